The number of carbonyl (C=O) groups excluding carboxylic acids is 1. The number of likely N-dealkylation sites (tertiary alicyclic amines) is 1. The van der Waals surface area contributed by atoms with E-state index in [1.54, 1.807) is 4.90 Å². The highest BCUT2D eigenvalue weighted by molar-refractivity contribution is 5.72. The fourth-order valence-corrected chi connectivity index (χ4v) is 3.14. The van der Waals surface area contributed by atoms with E-state index in [4.69, 9.17) is 4.74 Å². The number of carboxylic acids is 1. The molecule has 0 aliphatic carbocycles. The highest BCUT2D eigenvalue weighted by atomic mass is 16.6. The molecule has 1 amide bonds. The van der Waals surface area contributed by atoms with Crippen molar-refractivity contribution in [2.45, 2.75) is 45.6 Å². The van der Waals surface area contributed by atoms with Crippen molar-refractivity contribution in [3.05, 3.63) is 35.9 Å². The maximum atomic E-state index is 12.3. The zero-order valence-corrected chi connectivity index (χ0v) is 14.7. The lowest BCUT2D eigenvalue weighted by molar-refractivity contribution is -0.145. The molecule has 0 spiro atoms. The Balaban J connectivity index is 2.00. The maximum absolute atomic E-state index is 12.3. The smallest absolute Gasteiger partial charge is 0.410 e. The highest BCUT2D eigenvalue weighted by Crippen LogP contribution is 2.29. The number of piperidine rings is 1. The molecule has 0 saturated carbocycles. The van der Waals surface area contributed by atoms with E-state index in [0.717, 1.165) is 12.8 Å². The molecule has 2 unspecified atom stereocenters. The fourth-order valence-electron chi connectivity index (χ4n) is 3.14. The SMILES string of the molecule is CC(C)(C)OC(=O)N1CCC(C(=O)O)C(CCc2ccccc2)C1. The molecule has 1 aliphatic rings. The van der Waals surface area contributed by atoms with Gasteiger partial charge in [0.25, 0.3) is 0 Å². The van der Waals surface area contributed by atoms with Crippen molar-refractivity contribution in [2.75, 3.05) is 13.1 Å². The molecular weight excluding hydrogens is 306 g/mol. The zero-order chi connectivity index (χ0) is 17.7. The highest BCUT2D eigenvalue weighted by Gasteiger charge is 2.36. The van der Waals surface area contributed by atoms with Crippen molar-refractivity contribution < 1.29 is 19.4 Å². The first kappa shape index (κ1) is 18.3. The minimum absolute atomic E-state index is 0.0519. The molecular formula is C19H27NO4. The lowest BCUT2D eigenvalue weighted by Crippen LogP contribution is -2.47. The van der Waals surface area contributed by atoms with Gasteiger partial charge in [0, 0.05) is 13.1 Å². The van der Waals surface area contributed by atoms with Crippen LogP contribution in [0, 0.1) is 11.8 Å². The van der Waals surface area contributed by atoms with E-state index in [-0.39, 0.29) is 12.0 Å². The predicted octanol–water partition coefficient (Wildman–Crippen LogP) is 3.58. The Kier molecular flexibility index (Phi) is 5.86. The molecule has 1 saturated heterocycles. The third kappa shape index (κ3) is 5.25. The second-order valence-corrected chi connectivity index (χ2v) is 7.44. The Labute approximate surface area is 143 Å². The molecule has 5 heteroatoms. The maximum Gasteiger partial charge on any atom is 0.410 e. The van der Waals surface area contributed by atoms with Gasteiger partial charge in [-0.25, -0.2) is 4.79 Å². The lowest BCUT2D eigenvalue weighted by atomic mass is 9.82. The summed E-state index contributed by atoms with van der Waals surface area (Å²) in [5.41, 5.74) is 0.649. The van der Waals surface area contributed by atoms with Crippen LogP contribution in [0.25, 0.3) is 0 Å². The first-order chi connectivity index (χ1) is 11.3. The average Bonchev–Trinajstić information content (AvgIpc) is 2.52. The molecule has 1 aromatic carbocycles. The minimum atomic E-state index is -0.767. The minimum Gasteiger partial charge on any atom is -0.481 e. The van der Waals surface area contributed by atoms with Gasteiger partial charge in [0.2, 0.25) is 0 Å². The van der Waals surface area contributed by atoms with Crippen molar-refractivity contribution >= 4 is 12.1 Å². The van der Waals surface area contributed by atoms with E-state index >= 15 is 0 Å². The third-order valence-corrected chi connectivity index (χ3v) is 4.35. The van der Waals surface area contributed by atoms with Gasteiger partial charge in [-0.2, -0.15) is 0 Å². The van der Waals surface area contributed by atoms with Crippen LogP contribution < -0.4 is 0 Å². The van der Waals surface area contributed by atoms with Gasteiger partial charge in [-0.1, -0.05) is 30.3 Å². The Morgan fingerprint density at radius 2 is 1.92 bits per heavy atom. The summed E-state index contributed by atoms with van der Waals surface area (Å²) in [5.74, 6) is -1.21. The summed E-state index contributed by atoms with van der Waals surface area (Å²) in [4.78, 5) is 25.5. The largest absolute Gasteiger partial charge is 0.481 e. The van der Waals surface area contributed by atoms with Gasteiger partial charge in [0.1, 0.15) is 5.60 Å². The summed E-state index contributed by atoms with van der Waals surface area (Å²) in [5, 5.41) is 9.48. The van der Waals surface area contributed by atoms with Crippen LogP contribution in [0.2, 0.25) is 0 Å². The van der Waals surface area contributed by atoms with Crippen LogP contribution in [0.15, 0.2) is 30.3 Å². The zero-order valence-electron chi connectivity index (χ0n) is 14.7. The fraction of sp³-hybridized carbons (Fsp3) is 0.579. The average molecular weight is 333 g/mol. The van der Waals surface area contributed by atoms with E-state index in [1.165, 1.54) is 5.56 Å². The van der Waals surface area contributed by atoms with E-state index in [0.29, 0.717) is 19.5 Å². The summed E-state index contributed by atoms with van der Waals surface area (Å²) < 4.78 is 5.42. The van der Waals surface area contributed by atoms with Gasteiger partial charge in [-0.15, -0.1) is 0 Å². The second kappa shape index (κ2) is 7.69. The molecule has 0 aromatic heterocycles. The van der Waals surface area contributed by atoms with Crippen molar-refractivity contribution in [3.63, 3.8) is 0 Å². The number of carbonyl (C=O) groups is 2. The monoisotopic (exact) mass is 333 g/mol. The predicted molar refractivity (Wildman–Crippen MR) is 91.8 cm³/mol. The van der Waals surface area contributed by atoms with E-state index in [9.17, 15) is 14.7 Å². The van der Waals surface area contributed by atoms with Crippen molar-refractivity contribution in [2.24, 2.45) is 11.8 Å². The number of ether oxygens (including phenoxy) is 1. The van der Waals surface area contributed by atoms with Gasteiger partial charge in [0.15, 0.2) is 0 Å². The van der Waals surface area contributed by atoms with Gasteiger partial charge in [0.05, 0.1) is 5.92 Å². The normalized spacial score (nSPS) is 21.4. The van der Waals surface area contributed by atoms with E-state index in [1.807, 2.05) is 51.1 Å². The van der Waals surface area contributed by atoms with Crippen LogP contribution in [0.3, 0.4) is 0 Å². The van der Waals surface area contributed by atoms with Crippen LogP contribution >= 0.6 is 0 Å². The molecule has 2 rings (SSSR count). The van der Waals surface area contributed by atoms with Gasteiger partial charge in [-0.3, -0.25) is 4.79 Å². The molecule has 1 heterocycles. The molecule has 1 aromatic rings. The molecule has 1 N–H and O–H groups in total. The standard InChI is InChI=1S/C19H27NO4/c1-19(2,3)24-18(23)20-12-11-16(17(21)22)15(13-20)10-9-14-7-5-4-6-8-14/h4-8,15-16H,9-13H2,1-3H3,(H,21,22). The number of aliphatic carboxylic acids is 1. The molecule has 2 atom stereocenters. The van der Waals surface area contributed by atoms with Crippen LogP contribution in [-0.2, 0) is 16.0 Å². The number of aryl methyl sites for hydroxylation is 1. The van der Waals surface area contributed by atoms with Crippen LogP contribution in [0.4, 0.5) is 4.79 Å². The Morgan fingerprint density at radius 3 is 2.50 bits per heavy atom. The summed E-state index contributed by atoms with van der Waals surface area (Å²) in [6, 6.07) is 10.0. The Hall–Kier alpha value is -2.04. The van der Waals surface area contributed by atoms with Crippen molar-refractivity contribution in [1.29, 1.82) is 0 Å². The quantitative estimate of drug-likeness (QED) is 0.914. The number of carboxylic acid groups (broad SMARTS) is 1. The van der Waals surface area contributed by atoms with Crippen LogP contribution in [-0.4, -0.2) is 40.8 Å². The van der Waals surface area contributed by atoms with Gasteiger partial charge in [-0.05, 0) is 51.5 Å². The molecule has 0 bridgehead atoms. The molecule has 0 radical (unpaired) electrons. The first-order valence-electron chi connectivity index (χ1n) is 8.51. The summed E-state index contributed by atoms with van der Waals surface area (Å²) in [6.45, 7) is 6.39. The number of hydrogen-bond donors (Lipinski definition) is 1. The van der Waals surface area contributed by atoms with Crippen molar-refractivity contribution in [3.8, 4) is 0 Å². The second-order valence-electron chi connectivity index (χ2n) is 7.44. The van der Waals surface area contributed by atoms with Crippen LogP contribution in [0.5, 0.6) is 0 Å². The first-order valence-corrected chi connectivity index (χ1v) is 8.51. The van der Waals surface area contributed by atoms with Crippen molar-refractivity contribution in [1.82, 2.24) is 4.90 Å². The van der Waals surface area contributed by atoms with E-state index in [2.05, 4.69) is 0 Å². The molecule has 1 fully saturated rings. The third-order valence-electron chi connectivity index (χ3n) is 4.35. The number of amides is 1. The summed E-state index contributed by atoms with van der Waals surface area (Å²) in [7, 11) is 0. The summed E-state index contributed by atoms with van der Waals surface area (Å²) in [6.07, 6.45) is 1.70. The van der Waals surface area contributed by atoms with Gasteiger partial charge < -0.3 is 14.7 Å². The topological polar surface area (TPSA) is 66.8 Å². The summed E-state index contributed by atoms with van der Waals surface area (Å²) >= 11 is 0. The Morgan fingerprint density at radius 1 is 1.25 bits per heavy atom. The number of rotatable bonds is 4. The van der Waals surface area contributed by atoms with E-state index < -0.39 is 17.5 Å². The molecule has 1 aliphatic heterocycles. The number of hydrogen-bond acceptors (Lipinski definition) is 3. The molecule has 5 nitrogen and oxygen atoms in total. The lowest BCUT2D eigenvalue weighted by Gasteiger charge is -2.37. The van der Waals surface area contributed by atoms with Crippen LogP contribution in [0.1, 0.15) is 39.2 Å². The van der Waals surface area contributed by atoms with Gasteiger partial charge >= 0.3 is 12.1 Å². The number of benzene rings is 1. The number of nitrogens with zero attached hydrogens (tertiary/aromatic N) is 1. The molecule has 132 valence electrons. The molecule has 24 heavy (non-hydrogen) atoms. The Bertz CT molecular complexity index is 564.